The van der Waals surface area contributed by atoms with Crippen LogP contribution in [0.2, 0.25) is 0 Å². The number of ether oxygens (including phenoxy) is 3. The van der Waals surface area contributed by atoms with Crippen molar-refractivity contribution in [2.24, 2.45) is 0 Å². The van der Waals surface area contributed by atoms with Gasteiger partial charge >= 0.3 is 17.9 Å². The summed E-state index contributed by atoms with van der Waals surface area (Å²) < 4.78 is 16.7. The molecule has 0 fully saturated rings. The second-order valence-corrected chi connectivity index (χ2v) is 17.1. The van der Waals surface area contributed by atoms with Crippen LogP contribution in [0.25, 0.3) is 0 Å². The molecule has 0 aliphatic carbocycles. The maximum absolute atomic E-state index is 12.7. The van der Waals surface area contributed by atoms with Crippen molar-refractivity contribution in [3.8, 4) is 0 Å². The Morgan fingerprint density at radius 3 is 1.02 bits per heavy atom. The summed E-state index contributed by atoms with van der Waals surface area (Å²) in [5, 5.41) is 0. The zero-order valence-corrected chi connectivity index (χ0v) is 42.0. The molecule has 0 N–H and O–H groups in total. The Bertz CT molecular complexity index is 1360. The van der Waals surface area contributed by atoms with Crippen LogP contribution in [-0.4, -0.2) is 37.2 Å². The fraction of sp³-hybridized carbons (Fsp3) is 0.644. The average molecular weight is 901 g/mol. The van der Waals surface area contributed by atoms with E-state index < -0.39 is 6.10 Å². The number of carbonyl (C=O) groups excluding carboxylic acids is 3. The first-order chi connectivity index (χ1) is 32.0. The SMILES string of the molecule is CC/C=C\C/C=C\C/C=C\C/C=C\C/C=C\C/C=C\C/C=C\C/C=C\CCCCC(=O)OCC(COC(=O)CCCCCCCCCC)OC(=O)CCCCCCC/C=C\CCCCC. The smallest absolute Gasteiger partial charge is 0.306 e. The molecule has 0 heterocycles. The molecular formula is C59H96O6. The lowest BCUT2D eigenvalue weighted by molar-refractivity contribution is -0.167. The molecule has 0 spiro atoms. The molecule has 0 saturated carbocycles. The van der Waals surface area contributed by atoms with Crippen molar-refractivity contribution >= 4 is 17.9 Å². The lowest BCUT2D eigenvalue weighted by atomic mass is 10.1. The van der Waals surface area contributed by atoms with Crippen molar-refractivity contribution in [3.05, 3.63) is 109 Å². The number of allylic oxidation sites excluding steroid dienone is 18. The maximum atomic E-state index is 12.7. The first-order valence-corrected chi connectivity index (χ1v) is 26.4. The summed E-state index contributed by atoms with van der Waals surface area (Å²) in [4.78, 5) is 37.8. The molecule has 1 atom stereocenters. The molecule has 0 aliphatic rings. The van der Waals surface area contributed by atoms with Crippen LogP contribution in [0, 0.1) is 0 Å². The molecule has 65 heavy (non-hydrogen) atoms. The van der Waals surface area contributed by atoms with Gasteiger partial charge in [-0.05, 0) is 109 Å². The van der Waals surface area contributed by atoms with Gasteiger partial charge in [-0.3, -0.25) is 14.4 Å². The van der Waals surface area contributed by atoms with Gasteiger partial charge in [-0.25, -0.2) is 0 Å². The van der Waals surface area contributed by atoms with Crippen LogP contribution in [0.4, 0.5) is 0 Å². The Labute approximate surface area is 400 Å². The van der Waals surface area contributed by atoms with E-state index in [1.165, 1.54) is 64.2 Å². The maximum Gasteiger partial charge on any atom is 0.306 e. The summed E-state index contributed by atoms with van der Waals surface area (Å²) in [6.07, 6.45) is 70.9. The third-order valence-electron chi connectivity index (χ3n) is 10.8. The minimum absolute atomic E-state index is 0.0958. The van der Waals surface area contributed by atoms with Crippen molar-refractivity contribution in [1.82, 2.24) is 0 Å². The molecule has 6 heteroatoms. The predicted molar refractivity (Wildman–Crippen MR) is 279 cm³/mol. The van der Waals surface area contributed by atoms with E-state index in [0.717, 1.165) is 122 Å². The molecule has 0 radical (unpaired) electrons. The quantitative estimate of drug-likeness (QED) is 0.0262. The number of esters is 3. The first kappa shape index (κ1) is 61.1. The highest BCUT2D eigenvalue weighted by Crippen LogP contribution is 2.13. The average Bonchev–Trinajstić information content (AvgIpc) is 3.30. The molecule has 0 aromatic heterocycles. The van der Waals surface area contributed by atoms with Gasteiger partial charge in [0.2, 0.25) is 0 Å². The van der Waals surface area contributed by atoms with Crippen molar-refractivity contribution in [2.75, 3.05) is 13.2 Å². The van der Waals surface area contributed by atoms with Crippen LogP contribution < -0.4 is 0 Å². The van der Waals surface area contributed by atoms with Crippen molar-refractivity contribution in [3.63, 3.8) is 0 Å². The van der Waals surface area contributed by atoms with Gasteiger partial charge in [0.05, 0.1) is 0 Å². The lowest BCUT2D eigenvalue weighted by Gasteiger charge is -2.18. The Kier molecular flexibility index (Phi) is 49.5. The van der Waals surface area contributed by atoms with Crippen LogP contribution in [0.3, 0.4) is 0 Å². The molecule has 0 bridgehead atoms. The van der Waals surface area contributed by atoms with E-state index in [4.69, 9.17) is 14.2 Å². The fourth-order valence-corrected chi connectivity index (χ4v) is 6.80. The number of unbranched alkanes of at least 4 members (excludes halogenated alkanes) is 17. The minimum atomic E-state index is -0.798. The van der Waals surface area contributed by atoms with Crippen LogP contribution in [0.1, 0.15) is 226 Å². The third-order valence-corrected chi connectivity index (χ3v) is 10.8. The van der Waals surface area contributed by atoms with Gasteiger partial charge in [-0.15, -0.1) is 0 Å². The Morgan fingerprint density at radius 2 is 0.600 bits per heavy atom. The molecule has 0 amide bonds. The Morgan fingerprint density at radius 1 is 0.323 bits per heavy atom. The van der Waals surface area contributed by atoms with E-state index in [1.807, 2.05) is 0 Å². The largest absolute Gasteiger partial charge is 0.462 e. The number of carbonyl (C=O) groups is 3. The molecular weight excluding hydrogens is 805 g/mol. The number of hydrogen-bond donors (Lipinski definition) is 0. The molecule has 0 aromatic carbocycles. The number of hydrogen-bond acceptors (Lipinski definition) is 6. The highest BCUT2D eigenvalue weighted by atomic mass is 16.6. The van der Waals surface area contributed by atoms with E-state index >= 15 is 0 Å². The second kappa shape index (κ2) is 52.7. The molecule has 0 aliphatic heterocycles. The summed E-state index contributed by atoms with van der Waals surface area (Å²) >= 11 is 0. The van der Waals surface area contributed by atoms with Crippen LogP contribution in [0.5, 0.6) is 0 Å². The first-order valence-electron chi connectivity index (χ1n) is 26.4. The van der Waals surface area contributed by atoms with Crippen molar-refractivity contribution in [1.29, 1.82) is 0 Å². The Balaban J connectivity index is 4.33. The van der Waals surface area contributed by atoms with Gasteiger partial charge in [-0.1, -0.05) is 207 Å². The summed E-state index contributed by atoms with van der Waals surface area (Å²) in [5.41, 5.74) is 0. The highest BCUT2D eigenvalue weighted by molar-refractivity contribution is 5.71. The van der Waals surface area contributed by atoms with Gasteiger partial charge in [0.25, 0.3) is 0 Å². The van der Waals surface area contributed by atoms with Gasteiger partial charge < -0.3 is 14.2 Å². The summed E-state index contributed by atoms with van der Waals surface area (Å²) in [6, 6.07) is 0. The Hall–Kier alpha value is -3.93. The number of rotatable bonds is 46. The van der Waals surface area contributed by atoms with E-state index in [9.17, 15) is 14.4 Å². The summed E-state index contributed by atoms with van der Waals surface area (Å²) in [6.45, 7) is 6.41. The van der Waals surface area contributed by atoms with Gasteiger partial charge in [0, 0.05) is 19.3 Å². The van der Waals surface area contributed by atoms with Gasteiger partial charge in [-0.2, -0.15) is 0 Å². The van der Waals surface area contributed by atoms with Crippen molar-refractivity contribution < 1.29 is 28.6 Å². The normalized spacial score (nSPS) is 13.0. The molecule has 0 aromatic rings. The standard InChI is InChI=1S/C59H96O6/c1-4-7-10-13-16-19-21-23-24-25-26-27-28-29-30-31-32-33-34-35-36-37-39-40-43-46-49-52-58(61)64-55-56(54-63-57(60)51-48-45-42-18-15-12-9-6-3)65-59(62)53-50-47-44-41-38-22-20-17-14-11-8-5-2/h7,10,16-17,19-20,23-24,26-27,29-30,32-33,35-36,39-40,56H,4-6,8-9,11-15,18,21-22,25,28,31,34,37-38,41-55H2,1-3H3/b10-7-,19-16-,20-17-,24-23-,27-26-,30-29-,33-32-,36-35-,40-39-. The summed E-state index contributed by atoms with van der Waals surface area (Å²) in [7, 11) is 0. The molecule has 368 valence electrons. The van der Waals surface area contributed by atoms with Gasteiger partial charge in [0.15, 0.2) is 6.10 Å². The monoisotopic (exact) mass is 901 g/mol. The zero-order chi connectivity index (χ0) is 47.2. The second-order valence-electron chi connectivity index (χ2n) is 17.1. The fourth-order valence-electron chi connectivity index (χ4n) is 6.80. The van der Waals surface area contributed by atoms with Crippen molar-refractivity contribution in [2.45, 2.75) is 232 Å². The van der Waals surface area contributed by atoms with E-state index in [2.05, 4.69) is 130 Å². The highest BCUT2D eigenvalue weighted by Gasteiger charge is 2.19. The predicted octanol–water partition coefficient (Wildman–Crippen LogP) is 17.5. The van der Waals surface area contributed by atoms with E-state index in [-0.39, 0.29) is 31.1 Å². The van der Waals surface area contributed by atoms with Crippen LogP contribution >= 0.6 is 0 Å². The molecule has 6 nitrogen and oxygen atoms in total. The van der Waals surface area contributed by atoms with Crippen LogP contribution in [-0.2, 0) is 28.6 Å². The zero-order valence-electron chi connectivity index (χ0n) is 42.0. The van der Waals surface area contributed by atoms with E-state index in [0.29, 0.717) is 19.3 Å². The third kappa shape index (κ3) is 50.9. The van der Waals surface area contributed by atoms with Gasteiger partial charge in [0.1, 0.15) is 13.2 Å². The summed E-state index contributed by atoms with van der Waals surface area (Å²) in [5.74, 6) is -0.962. The molecule has 0 rings (SSSR count). The van der Waals surface area contributed by atoms with E-state index in [1.54, 1.807) is 0 Å². The van der Waals surface area contributed by atoms with Crippen LogP contribution in [0.15, 0.2) is 109 Å². The lowest BCUT2D eigenvalue weighted by Crippen LogP contribution is -2.30. The molecule has 0 saturated heterocycles. The topological polar surface area (TPSA) is 78.9 Å². The minimum Gasteiger partial charge on any atom is -0.462 e. The molecule has 1 unspecified atom stereocenters.